The van der Waals surface area contributed by atoms with Gasteiger partial charge >= 0.3 is 0 Å². The lowest BCUT2D eigenvalue weighted by molar-refractivity contribution is 0.0368. The fraction of sp³-hybridized carbons (Fsp3) is 0.538. The molecule has 5 heteroatoms. The summed E-state index contributed by atoms with van der Waals surface area (Å²) in [5, 5.41) is 12.0. The first-order chi connectivity index (χ1) is 8.78. The highest BCUT2D eigenvalue weighted by Crippen LogP contribution is 2.07. The quantitative estimate of drug-likeness (QED) is 0.861. The van der Waals surface area contributed by atoms with Crippen molar-refractivity contribution >= 4 is 5.82 Å². The summed E-state index contributed by atoms with van der Waals surface area (Å²) in [5.74, 6) is 0.815. The van der Waals surface area contributed by atoms with Crippen LogP contribution in [0.5, 0.6) is 0 Å². The van der Waals surface area contributed by atoms with Crippen LogP contribution in [0.4, 0.5) is 5.82 Å². The summed E-state index contributed by atoms with van der Waals surface area (Å²) in [7, 11) is 0. The standard InChI is InChI=1S/C13H18N4O/c1-11(10-17-4-6-18-7-5-17)16-13-3-2-12(8-14)9-15-13/h2-3,9,11H,4-7,10H2,1H3,(H,15,16). The molecule has 1 aromatic heterocycles. The van der Waals surface area contributed by atoms with E-state index in [-0.39, 0.29) is 0 Å². The van der Waals surface area contributed by atoms with E-state index in [4.69, 9.17) is 10.00 Å². The molecule has 1 unspecified atom stereocenters. The molecule has 1 aliphatic heterocycles. The van der Waals surface area contributed by atoms with E-state index in [9.17, 15) is 0 Å². The van der Waals surface area contributed by atoms with Crippen LogP contribution in [0, 0.1) is 11.3 Å². The average molecular weight is 246 g/mol. The monoisotopic (exact) mass is 246 g/mol. The minimum atomic E-state index is 0.323. The molecule has 0 saturated carbocycles. The number of nitrogens with zero attached hydrogens (tertiary/aromatic N) is 3. The maximum absolute atomic E-state index is 8.70. The molecule has 0 aliphatic carbocycles. The topological polar surface area (TPSA) is 61.2 Å². The Kier molecular flexibility index (Phi) is 4.51. The summed E-state index contributed by atoms with van der Waals surface area (Å²) in [6.07, 6.45) is 1.59. The predicted molar refractivity (Wildman–Crippen MR) is 69.3 cm³/mol. The number of aromatic nitrogens is 1. The SMILES string of the molecule is CC(CN1CCOCC1)Nc1ccc(C#N)cn1. The zero-order valence-electron chi connectivity index (χ0n) is 10.6. The predicted octanol–water partition coefficient (Wildman–Crippen LogP) is 1.09. The van der Waals surface area contributed by atoms with Crippen LogP contribution in [-0.4, -0.2) is 48.8 Å². The summed E-state index contributed by atoms with van der Waals surface area (Å²) < 4.78 is 5.32. The first-order valence-corrected chi connectivity index (χ1v) is 6.21. The molecule has 0 radical (unpaired) electrons. The van der Waals surface area contributed by atoms with E-state index in [1.54, 1.807) is 12.3 Å². The minimum Gasteiger partial charge on any atom is -0.379 e. The largest absolute Gasteiger partial charge is 0.379 e. The molecule has 1 N–H and O–H groups in total. The van der Waals surface area contributed by atoms with Gasteiger partial charge in [-0.3, -0.25) is 4.90 Å². The molecule has 0 amide bonds. The van der Waals surface area contributed by atoms with Gasteiger partial charge in [-0.1, -0.05) is 0 Å². The average Bonchev–Trinajstić information content (AvgIpc) is 2.40. The lowest BCUT2D eigenvalue weighted by Gasteiger charge is -2.29. The Bertz CT molecular complexity index is 406. The number of nitrogens with one attached hydrogen (secondary N) is 1. The zero-order chi connectivity index (χ0) is 12.8. The molecule has 2 heterocycles. The molecule has 0 spiro atoms. The van der Waals surface area contributed by atoms with Crippen LogP contribution in [0.1, 0.15) is 12.5 Å². The summed E-state index contributed by atoms with van der Waals surface area (Å²) in [4.78, 5) is 6.59. The van der Waals surface area contributed by atoms with Crippen LogP contribution in [0.15, 0.2) is 18.3 Å². The second-order valence-electron chi connectivity index (χ2n) is 4.50. The van der Waals surface area contributed by atoms with Crippen molar-refractivity contribution in [3.63, 3.8) is 0 Å². The molecular weight excluding hydrogens is 228 g/mol. The normalized spacial score (nSPS) is 18.0. The van der Waals surface area contributed by atoms with Crippen LogP contribution in [0.25, 0.3) is 0 Å². The van der Waals surface area contributed by atoms with Crippen LogP contribution < -0.4 is 5.32 Å². The van der Waals surface area contributed by atoms with Crippen molar-refractivity contribution in [3.05, 3.63) is 23.9 Å². The van der Waals surface area contributed by atoms with E-state index < -0.39 is 0 Å². The summed E-state index contributed by atoms with van der Waals surface area (Å²) in [6, 6.07) is 6.00. The maximum atomic E-state index is 8.70. The Labute approximate surface area is 107 Å². The van der Waals surface area contributed by atoms with Crippen LogP contribution in [0.3, 0.4) is 0 Å². The van der Waals surface area contributed by atoms with E-state index >= 15 is 0 Å². The van der Waals surface area contributed by atoms with E-state index in [1.165, 1.54) is 0 Å². The van der Waals surface area contributed by atoms with Crippen molar-refractivity contribution in [2.75, 3.05) is 38.2 Å². The Morgan fingerprint density at radius 2 is 2.28 bits per heavy atom. The van der Waals surface area contributed by atoms with E-state index in [0.717, 1.165) is 38.7 Å². The number of ether oxygens (including phenoxy) is 1. The first-order valence-electron chi connectivity index (χ1n) is 6.21. The summed E-state index contributed by atoms with van der Waals surface area (Å²) in [5.41, 5.74) is 0.585. The van der Waals surface area contributed by atoms with Gasteiger partial charge in [-0.15, -0.1) is 0 Å². The van der Waals surface area contributed by atoms with Gasteiger partial charge in [0.1, 0.15) is 11.9 Å². The molecule has 1 saturated heterocycles. The number of rotatable bonds is 4. The lowest BCUT2D eigenvalue weighted by Crippen LogP contribution is -2.42. The Morgan fingerprint density at radius 3 is 2.89 bits per heavy atom. The van der Waals surface area contributed by atoms with Crippen molar-refractivity contribution in [2.45, 2.75) is 13.0 Å². The molecule has 0 bridgehead atoms. The highest BCUT2D eigenvalue weighted by Gasteiger charge is 2.13. The van der Waals surface area contributed by atoms with E-state index in [0.29, 0.717) is 11.6 Å². The lowest BCUT2D eigenvalue weighted by atomic mass is 10.2. The smallest absolute Gasteiger partial charge is 0.126 e. The Balaban J connectivity index is 1.82. The van der Waals surface area contributed by atoms with Crippen LogP contribution in [0.2, 0.25) is 0 Å². The van der Waals surface area contributed by atoms with Crippen LogP contribution in [-0.2, 0) is 4.74 Å². The number of morpholine rings is 1. The molecule has 1 atom stereocenters. The van der Waals surface area contributed by atoms with Gasteiger partial charge in [0.2, 0.25) is 0 Å². The molecule has 2 rings (SSSR count). The van der Waals surface area contributed by atoms with Crippen molar-refractivity contribution in [1.29, 1.82) is 5.26 Å². The number of pyridine rings is 1. The first kappa shape index (κ1) is 12.8. The van der Waals surface area contributed by atoms with Crippen LogP contribution >= 0.6 is 0 Å². The molecule has 18 heavy (non-hydrogen) atoms. The summed E-state index contributed by atoms with van der Waals surface area (Å²) >= 11 is 0. The molecule has 0 aromatic carbocycles. The van der Waals surface area contributed by atoms with Crippen molar-refractivity contribution < 1.29 is 4.74 Å². The highest BCUT2D eigenvalue weighted by molar-refractivity contribution is 5.39. The van der Waals surface area contributed by atoms with E-state index in [2.05, 4.69) is 28.2 Å². The van der Waals surface area contributed by atoms with Gasteiger partial charge in [0.05, 0.1) is 18.8 Å². The van der Waals surface area contributed by atoms with Gasteiger partial charge in [0, 0.05) is 31.9 Å². The van der Waals surface area contributed by atoms with E-state index in [1.807, 2.05) is 6.07 Å². The van der Waals surface area contributed by atoms with Gasteiger partial charge in [0.25, 0.3) is 0 Å². The van der Waals surface area contributed by atoms with Gasteiger partial charge < -0.3 is 10.1 Å². The van der Waals surface area contributed by atoms with Crippen molar-refractivity contribution in [1.82, 2.24) is 9.88 Å². The molecule has 5 nitrogen and oxygen atoms in total. The molecule has 1 aromatic rings. The molecular formula is C13H18N4O. The molecule has 96 valence electrons. The zero-order valence-corrected chi connectivity index (χ0v) is 10.6. The van der Waals surface area contributed by atoms with Crippen molar-refractivity contribution in [2.24, 2.45) is 0 Å². The van der Waals surface area contributed by atoms with Gasteiger partial charge in [-0.2, -0.15) is 5.26 Å². The second kappa shape index (κ2) is 6.34. The number of anilines is 1. The van der Waals surface area contributed by atoms with Gasteiger partial charge in [-0.05, 0) is 19.1 Å². The third kappa shape index (κ3) is 3.69. The maximum Gasteiger partial charge on any atom is 0.126 e. The Hall–Kier alpha value is -1.64. The van der Waals surface area contributed by atoms with Gasteiger partial charge in [0.15, 0.2) is 0 Å². The Morgan fingerprint density at radius 1 is 1.50 bits per heavy atom. The number of hydrogen-bond acceptors (Lipinski definition) is 5. The highest BCUT2D eigenvalue weighted by atomic mass is 16.5. The van der Waals surface area contributed by atoms with Crippen molar-refractivity contribution in [3.8, 4) is 6.07 Å². The third-order valence-corrected chi connectivity index (χ3v) is 2.92. The summed E-state index contributed by atoms with van der Waals surface area (Å²) in [6.45, 7) is 6.74. The number of hydrogen-bond donors (Lipinski definition) is 1. The second-order valence-corrected chi connectivity index (χ2v) is 4.50. The number of nitriles is 1. The molecule has 1 aliphatic rings. The minimum absolute atomic E-state index is 0.323. The van der Waals surface area contributed by atoms with Gasteiger partial charge in [-0.25, -0.2) is 4.98 Å². The fourth-order valence-electron chi connectivity index (χ4n) is 2.01. The third-order valence-electron chi connectivity index (χ3n) is 2.92. The fourth-order valence-corrected chi connectivity index (χ4v) is 2.01. The molecule has 1 fully saturated rings.